The SMILES string of the molecule is CC[C@H](C(=N)C(=O)[C@@H](NC(=O)[C@H](C)NC)C1CCCCC1)c1cncc(-c2ccc(C)cc2)c1. The Morgan fingerprint density at radius 3 is 2.38 bits per heavy atom. The van der Waals surface area contributed by atoms with Crippen molar-refractivity contribution < 1.29 is 9.59 Å². The monoisotopic (exact) mass is 462 g/mol. The van der Waals surface area contributed by atoms with Crippen LogP contribution in [0.25, 0.3) is 11.1 Å². The minimum Gasteiger partial charge on any atom is -0.344 e. The Kier molecular flexibility index (Phi) is 9.11. The number of pyridine rings is 1. The molecule has 34 heavy (non-hydrogen) atoms. The quantitative estimate of drug-likeness (QED) is 0.442. The van der Waals surface area contributed by atoms with Gasteiger partial charge in [0.25, 0.3) is 0 Å². The number of Topliss-reactive ketones (excluding diaryl/α,β-unsaturated/α-hetero) is 1. The number of carbonyl (C=O) groups excluding carboxylic acids is 2. The van der Waals surface area contributed by atoms with Crippen LogP contribution < -0.4 is 10.6 Å². The van der Waals surface area contributed by atoms with E-state index < -0.39 is 12.1 Å². The molecule has 1 saturated carbocycles. The molecule has 0 unspecified atom stereocenters. The van der Waals surface area contributed by atoms with E-state index in [1.165, 1.54) is 5.56 Å². The summed E-state index contributed by atoms with van der Waals surface area (Å²) in [6.45, 7) is 5.82. The third kappa shape index (κ3) is 6.17. The Morgan fingerprint density at radius 2 is 1.76 bits per heavy atom. The average molecular weight is 463 g/mol. The van der Waals surface area contributed by atoms with Gasteiger partial charge in [-0.1, -0.05) is 56.0 Å². The first kappa shape index (κ1) is 25.8. The molecular weight excluding hydrogens is 424 g/mol. The lowest BCUT2D eigenvalue weighted by atomic mass is 9.78. The molecule has 1 heterocycles. The van der Waals surface area contributed by atoms with Gasteiger partial charge in [-0.05, 0) is 63.3 Å². The van der Waals surface area contributed by atoms with E-state index in [9.17, 15) is 9.59 Å². The first-order chi connectivity index (χ1) is 16.3. The molecule has 3 rings (SSSR count). The zero-order chi connectivity index (χ0) is 24.7. The maximum atomic E-state index is 13.7. The second kappa shape index (κ2) is 12.0. The van der Waals surface area contributed by atoms with Crippen LogP contribution in [0.3, 0.4) is 0 Å². The molecule has 6 nitrogen and oxygen atoms in total. The van der Waals surface area contributed by atoms with Gasteiger partial charge >= 0.3 is 0 Å². The van der Waals surface area contributed by atoms with Crippen LogP contribution in [-0.2, 0) is 9.59 Å². The van der Waals surface area contributed by atoms with E-state index in [-0.39, 0.29) is 29.2 Å². The molecule has 1 aromatic carbocycles. The molecule has 0 aliphatic heterocycles. The average Bonchev–Trinajstić information content (AvgIpc) is 2.87. The molecule has 6 heteroatoms. The molecule has 2 aromatic rings. The molecule has 1 aliphatic rings. The van der Waals surface area contributed by atoms with Crippen molar-refractivity contribution in [3.63, 3.8) is 0 Å². The van der Waals surface area contributed by atoms with Crippen molar-refractivity contribution in [2.24, 2.45) is 5.92 Å². The predicted molar refractivity (Wildman–Crippen MR) is 137 cm³/mol. The van der Waals surface area contributed by atoms with Crippen LogP contribution >= 0.6 is 0 Å². The van der Waals surface area contributed by atoms with E-state index in [1.54, 1.807) is 20.2 Å². The second-order valence-corrected chi connectivity index (χ2v) is 9.51. The van der Waals surface area contributed by atoms with Gasteiger partial charge < -0.3 is 16.0 Å². The summed E-state index contributed by atoms with van der Waals surface area (Å²) in [5.74, 6) is -0.759. The predicted octanol–water partition coefficient (Wildman–Crippen LogP) is 4.81. The third-order valence-corrected chi connectivity index (χ3v) is 7.10. The number of amides is 1. The molecule has 182 valence electrons. The molecule has 0 saturated heterocycles. The summed E-state index contributed by atoms with van der Waals surface area (Å²) >= 11 is 0. The van der Waals surface area contributed by atoms with E-state index >= 15 is 0 Å². The molecule has 1 amide bonds. The normalized spacial score (nSPS) is 16.9. The number of nitrogens with one attached hydrogen (secondary N) is 3. The summed E-state index contributed by atoms with van der Waals surface area (Å²) in [6.07, 6.45) is 9.25. The summed E-state index contributed by atoms with van der Waals surface area (Å²) in [7, 11) is 1.73. The molecular formula is C28H38N4O2. The lowest BCUT2D eigenvalue weighted by molar-refractivity contribution is -0.127. The third-order valence-electron chi connectivity index (χ3n) is 7.10. The minimum atomic E-state index is -0.654. The molecule has 3 atom stereocenters. The number of nitrogens with zero attached hydrogens (tertiary/aromatic N) is 1. The number of likely N-dealkylation sites (N-methyl/N-ethyl adjacent to an activating group) is 1. The fourth-order valence-corrected chi connectivity index (χ4v) is 4.77. The van der Waals surface area contributed by atoms with E-state index in [0.717, 1.165) is 48.8 Å². The highest BCUT2D eigenvalue weighted by molar-refractivity contribution is 6.42. The minimum absolute atomic E-state index is 0.0540. The van der Waals surface area contributed by atoms with Gasteiger partial charge in [-0.3, -0.25) is 14.6 Å². The van der Waals surface area contributed by atoms with E-state index in [2.05, 4.69) is 46.8 Å². The molecule has 0 radical (unpaired) electrons. The first-order valence-electron chi connectivity index (χ1n) is 12.5. The highest BCUT2D eigenvalue weighted by atomic mass is 16.2. The highest BCUT2D eigenvalue weighted by Crippen LogP contribution is 2.30. The Hall–Kier alpha value is -2.86. The number of hydrogen-bond acceptors (Lipinski definition) is 5. The van der Waals surface area contributed by atoms with E-state index in [1.807, 2.05) is 19.2 Å². The summed E-state index contributed by atoms with van der Waals surface area (Å²) in [5, 5.41) is 14.8. The van der Waals surface area contributed by atoms with Gasteiger partial charge in [-0.15, -0.1) is 0 Å². The molecule has 0 bridgehead atoms. The van der Waals surface area contributed by atoms with Crippen molar-refractivity contribution in [2.45, 2.75) is 77.3 Å². The number of aromatic nitrogens is 1. The van der Waals surface area contributed by atoms with Crippen LogP contribution in [0.4, 0.5) is 0 Å². The van der Waals surface area contributed by atoms with Gasteiger partial charge in [-0.2, -0.15) is 0 Å². The smallest absolute Gasteiger partial charge is 0.237 e. The van der Waals surface area contributed by atoms with Gasteiger partial charge in [-0.25, -0.2) is 0 Å². The van der Waals surface area contributed by atoms with Crippen molar-refractivity contribution in [3.8, 4) is 11.1 Å². The van der Waals surface area contributed by atoms with E-state index in [0.29, 0.717) is 6.42 Å². The Balaban J connectivity index is 1.86. The number of ketones is 1. The fourth-order valence-electron chi connectivity index (χ4n) is 4.77. The molecule has 0 spiro atoms. The van der Waals surface area contributed by atoms with E-state index in [4.69, 9.17) is 5.41 Å². The van der Waals surface area contributed by atoms with Gasteiger partial charge in [0.2, 0.25) is 5.91 Å². The number of benzene rings is 1. The summed E-state index contributed by atoms with van der Waals surface area (Å²) < 4.78 is 0. The molecule has 1 fully saturated rings. The molecule has 1 aliphatic carbocycles. The van der Waals surface area contributed by atoms with Gasteiger partial charge in [0.1, 0.15) is 0 Å². The highest BCUT2D eigenvalue weighted by Gasteiger charge is 2.36. The maximum absolute atomic E-state index is 13.7. The Labute approximate surface area is 203 Å². The summed E-state index contributed by atoms with van der Waals surface area (Å²) in [4.78, 5) is 30.8. The van der Waals surface area contributed by atoms with Crippen LogP contribution in [0.2, 0.25) is 0 Å². The van der Waals surface area contributed by atoms with Crippen LogP contribution in [0, 0.1) is 18.3 Å². The molecule has 3 N–H and O–H groups in total. The number of hydrogen-bond donors (Lipinski definition) is 3. The lowest BCUT2D eigenvalue weighted by Gasteiger charge is -2.32. The van der Waals surface area contributed by atoms with Crippen LogP contribution in [0.1, 0.15) is 69.4 Å². The maximum Gasteiger partial charge on any atom is 0.237 e. The first-order valence-corrected chi connectivity index (χ1v) is 12.5. The zero-order valence-electron chi connectivity index (χ0n) is 20.9. The van der Waals surface area contributed by atoms with Gasteiger partial charge in [0, 0.05) is 23.9 Å². The Morgan fingerprint density at radius 1 is 1.09 bits per heavy atom. The number of carbonyl (C=O) groups is 2. The summed E-state index contributed by atoms with van der Waals surface area (Å²) in [6, 6.07) is 9.23. The van der Waals surface area contributed by atoms with Crippen molar-refractivity contribution in [2.75, 3.05) is 7.05 Å². The van der Waals surface area contributed by atoms with Crippen molar-refractivity contribution >= 4 is 17.4 Å². The number of rotatable bonds is 10. The van der Waals surface area contributed by atoms with Crippen molar-refractivity contribution in [3.05, 3.63) is 53.9 Å². The largest absolute Gasteiger partial charge is 0.344 e. The fraction of sp³-hybridized carbons (Fsp3) is 0.500. The van der Waals surface area contributed by atoms with Crippen LogP contribution in [0.5, 0.6) is 0 Å². The van der Waals surface area contributed by atoms with Crippen LogP contribution in [-0.4, -0.2) is 41.5 Å². The lowest BCUT2D eigenvalue weighted by Crippen LogP contribution is -2.53. The van der Waals surface area contributed by atoms with Crippen molar-refractivity contribution in [1.82, 2.24) is 15.6 Å². The number of aryl methyl sites for hydroxylation is 1. The zero-order valence-corrected chi connectivity index (χ0v) is 20.9. The van der Waals surface area contributed by atoms with Crippen LogP contribution in [0.15, 0.2) is 42.7 Å². The molecule has 1 aromatic heterocycles. The van der Waals surface area contributed by atoms with Crippen molar-refractivity contribution in [1.29, 1.82) is 5.41 Å². The topological polar surface area (TPSA) is 94.9 Å². The Bertz CT molecular complexity index is 996. The summed E-state index contributed by atoms with van der Waals surface area (Å²) in [5.41, 5.74) is 4.13. The van der Waals surface area contributed by atoms with Gasteiger partial charge in [0.05, 0.1) is 17.8 Å². The standard InChI is InChI=1S/C28H38N4O2/c1-5-24(23-15-22(16-31-17-23)20-13-11-18(2)12-14-20)25(29)27(33)26(21-9-7-6-8-10-21)32-28(34)19(3)30-4/h11-17,19,21,24,26,29-30H,5-10H2,1-4H3,(H,32,34)/t19-,24-,26-/m0/s1. The van der Waals surface area contributed by atoms with Gasteiger partial charge in [0.15, 0.2) is 5.78 Å². The second-order valence-electron chi connectivity index (χ2n) is 9.51.